The van der Waals surface area contributed by atoms with Gasteiger partial charge in [-0.15, -0.1) is 0 Å². The Morgan fingerprint density at radius 2 is 1.67 bits per heavy atom. The highest BCUT2D eigenvalue weighted by molar-refractivity contribution is 4.96. The summed E-state index contributed by atoms with van der Waals surface area (Å²) in [5.41, 5.74) is 0. The van der Waals surface area contributed by atoms with Crippen LogP contribution in [0.1, 0.15) is 41.5 Å². The molecule has 2 aliphatic heterocycles. The van der Waals surface area contributed by atoms with Crippen molar-refractivity contribution < 1.29 is 24.4 Å². The van der Waals surface area contributed by atoms with Crippen LogP contribution in [0.15, 0.2) is 0 Å². The molecule has 0 aromatic heterocycles. The molecular weight excluding hydrogens is 274 g/mol. The molecule has 0 saturated carbocycles. The zero-order valence-electron chi connectivity index (χ0n) is 13.8. The molecule has 2 aliphatic rings. The third kappa shape index (κ3) is 3.57. The van der Waals surface area contributed by atoms with Gasteiger partial charge in [0.15, 0.2) is 12.1 Å². The van der Waals surface area contributed by atoms with Gasteiger partial charge in [-0.2, -0.15) is 0 Å². The molecule has 2 N–H and O–H groups in total. The van der Waals surface area contributed by atoms with Crippen LogP contribution in [0.3, 0.4) is 0 Å². The van der Waals surface area contributed by atoms with Gasteiger partial charge in [0.05, 0.1) is 6.10 Å². The highest BCUT2D eigenvalue weighted by Gasteiger charge is 2.56. The Kier molecular flexibility index (Phi) is 4.97. The molecule has 2 fully saturated rings. The Bertz CT molecular complexity index is 352. The minimum atomic E-state index is -0.882. The lowest BCUT2D eigenvalue weighted by Crippen LogP contribution is -2.49. The third-order valence-electron chi connectivity index (χ3n) is 4.16. The number of fused-ring (bicyclic) bond motifs is 1. The first-order valence-corrected chi connectivity index (χ1v) is 7.75. The molecule has 6 heteroatoms. The van der Waals surface area contributed by atoms with Gasteiger partial charge in [0.2, 0.25) is 0 Å². The van der Waals surface area contributed by atoms with Gasteiger partial charge in [0.25, 0.3) is 0 Å². The minimum Gasteiger partial charge on any atom is -0.389 e. The van der Waals surface area contributed by atoms with Crippen molar-refractivity contribution in [2.45, 2.75) is 90.1 Å². The molecule has 21 heavy (non-hydrogen) atoms. The molecule has 2 heterocycles. The molecule has 6 nitrogen and oxygen atoms in total. The van der Waals surface area contributed by atoms with Crippen molar-refractivity contribution >= 4 is 0 Å². The maximum atomic E-state index is 10.4. The summed E-state index contributed by atoms with van der Waals surface area (Å²) in [5.74, 6) is -0.756. The lowest BCUT2D eigenvalue weighted by atomic mass is 10.0. The zero-order valence-corrected chi connectivity index (χ0v) is 13.8. The molecule has 0 aliphatic carbocycles. The monoisotopic (exact) mass is 303 g/mol. The van der Waals surface area contributed by atoms with Crippen LogP contribution in [-0.2, 0) is 14.2 Å². The molecule has 0 amide bonds. The van der Waals surface area contributed by atoms with Crippen molar-refractivity contribution in [3.05, 3.63) is 0 Å². The topological polar surface area (TPSA) is 71.4 Å². The van der Waals surface area contributed by atoms with E-state index in [0.717, 1.165) is 0 Å². The fourth-order valence-corrected chi connectivity index (χ4v) is 3.17. The number of hydrogen-bond acceptors (Lipinski definition) is 6. The number of rotatable bonds is 5. The Labute approximate surface area is 127 Å². The maximum absolute atomic E-state index is 10.4. The lowest BCUT2D eigenvalue weighted by molar-refractivity contribution is -0.226. The maximum Gasteiger partial charge on any atom is 0.190 e. The molecule has 0 aromatic carbocycles. The summed E-state index contributed by atoms with van der Waals surface area (Å²) in [6, 6.07) is 0.619. The summed E-state index contributed by atoms with van der Waals surface area (Å²) in [5, 5.41) is 20.8. The molecule has 0 bridgehead atoms. The fraction of sp³-hybridized carbons (Fsp3) is 1.00. The van der Waals surface area contributed by atoms with Crippen molar-refractivity contribution in [1.82, 2.24) is 4.90 Å². The minimum absolute atomic E-state index is 0.309. The van der Waals surface area contributed by atoms with E-state index >= 15 is 0 Å². The van der Waals surface area contributed by atoms with Crippen LogP contribution in [-0.4, -0.2) is 70.2 Å². The molecule has 0 aromatic rings. The van der Waals surface area contributed by atoms with Gasteiger partial charge in [-0.1, -0.05) is 0 Å². The summed E-state index contributed by atoms with van der Waals surface area (Å²) in [4.78, 5) is 2.17. The summed E-state index contributed by atoms with van der Waals surface area (Å²) < 4.78 is 16.9. The van der Waals surface area contributed by atoms with Crippen LogP contribution in [0.5, 0.6) is 0 Å². The van der Waals surface area contributed by atoms with Gasteiger partial charge in [-0.05, 0) is 41.5 Å². The highest BCUT2D eigenvalue weighted by Crippen LogP contribution is 2.38. The molecule has 2 rings (SSSR count). The molecule has 0 radical (unpaired) electrons. The van der Waals surface area contributed by atoms with Crippen LogP contribution in [0.25, 0.3) is 0 Å². The van der Waals surface area contributed by atoms with Crippen molar-refractivity contribution in [3.63, 3.8) is 0 Å². The van der Waals surface area contributed by atoms with Gasteiger partial charge in [-0.3, -0.25) is 4.90 Å². The van der Waals surface area contributed by atoms with E-state index in [2.05, 4.69) is 32.6 Å². The Balaban J connectivity index is 1.97. The second-order valence-corrected chi connectivity index (χ2v) is 7.01. The largest absolute Gasteiger partial charge is 0.389 e. The number of nitrogens with zero attached hydrogens (tertiary/aromatic N) is 1. The summed E-state index contributed by atoms with van der Waals surface area (Å²) in [6.45, 7) is 12.4. The van der Waals surface area contributed by atoms with E-state index in [1.165, 1.54) is 0 Å². The Morgan fingerprint density at radius 1 is 1.10 bits per heavy atom. The van der Waals surface area contributed by atoms with E-state index in [1.807, 2.05) is 0 Å². The number of hydrogen-bond donors (Lipinski definition) is 2. The predicted molar refractivity (Wildman–Crippen MR) is 77.7 cm³/mol. The highest BCUT2D eigenvalue weighted by atomic mass is 16.8. The predicted octanol–water partition coefficient (Wildman–Crippen LogP) is 0.703. The summed E-state index contributed by atoms with van der Waals surface area (Å²) >= 11 is 0. The van der Waals surface area contributed by atoms with Gasteiger partial charge in [0.1, 0.15) is 18.3 Å². The summed E-state index contributed by atoms with van der Waals surface area (Å²) in [6.07, 6.45) is -3.50. The standard InChI is InChI=1S/C15H29NO5/c1-8(2)16(9(3)4)7-10(17)12-11(18)13-14(19-12)21-15(5,6)20-13/h8-14,17-18H,7H2,1-6H3. The van der Waals surface area contributed by atoms with E-state index in [-0.39, 0.29) is 0 Å². The van der Waals surface area contributed by atoms with E-state index in [1.54, 1.807) is 13.8 Å². The van der Waals surface area contributed by atoms with Crippen molar-refractivity contribution in [1.29, 1.82) is 0 Å². The molecular formula is C15H29NO5. The number of aliphatic hydroxyl groups excluding tert-OH is 2. The summed E-state index contributed by atoms with van der Waals surface area (Å²) in [7, 11) is 0. The average molecular weight is 303 g/mol. The van der Waals surface area contributed by atoms with Crippen molar-refractivity contribution in [2.75, 3.05) is 6.54 Å². The van der Waals surface area contributed by atoms with E-state index in [9.17, 15) is 10.2 Å². The van der Waals surface area contributed by atoms with Crippen LogP contribution >= 0.6 is 0 Å². The molecule has 2 saturated heterocycles. The van der Waals surface area contributed by atoms with E-state index in [0.29, 0.717) is 18.6 Å². The average Bonchev–Trinajstić information content (AvgIpc) is 2.79. The van der Waals surface area contributed by atoms with Crippen LogP contribution in [0, 0.1) is 0 Å². The second kappa shape index (κ2) is 6.10. The van der Waals surface area contributed by atoms with Crippen LogP contribution in [0.2, 0.25) is 0 Å². The smallest absolute Gasteiger partial charge is 0.190 e. The lowest BCUT2D eigenvalue weighted by Gasteiger charge is -2.34. The number of ether oxygens (including phenoxy) is 3. The first-order chi connectivity index (χ1) is 9.62. The SMILES string of the molecule is CC(C)N(CC(O)C1OC2OC(C)(C)OC2C1O)C(C)C. The van der Waals surface area contributed by atoms with Crippen LogP contribution < -0.4 is 0 Å². The first-order valence-electron chi connectivity index (χ1n) is 7.75. The van der Waals surface area contributed by atoms with Crippen molar-refractivity contribution in [3.8, 4) is 0 Å². The van der Waals surface area contributed by atoms with E-state index in [4.69, 9.17) is 14.2 Å². The first kappa shape index (κ1) is 17.1. The zero-order chi connectivity index (χ0) is 15.9. The number of aliphatic hydroxyl groups is 2. The molecule has 0 spiro atoms. The third-order valence-corrected chi connectivity index (χ3v) is 4.16. The normalized spacial score (nSPS) is 36.7. The second-order valence-electron chi connectivity index (χ2n) is 7.01. The molecule has 5 atom stereocenters. The fourth-order valence-electron chi connectivity index (χ4n) is 3.17. The quantitative estimate of drug-likeness (QED) is 0.779. The van der Waals surface area contributed by atoms with Crippen molar-refractivity contribution in [2.24, 2.45) is 0 Å². The Hall–Kier alpha value is -0.240. The van der Waals surface area contributed by atoms with Gasteiger partial charge in [-0.25, -0.2) is 0 Å². The Morgan fingerprint density at radius 3 is 2.14 bits per heavy atom. The van der Waals surface area contributed by atoms with Crippen LogP contribution in [0.4, 0.5) is 0 Å². The molecule has 124 valence electrons. The van der Waals surface area contributed by atoms with Gasteiger partial charge >= 0.3 is 0 Å². The van der Waals surface area contributed by atoms with Gasteiger partial charge in [0, 0.05) is 18.6 Å². The van der Waals surface area contributed by atoms with E-state index < -0.39 is 36.5 Å². The molecule has 5 unspecified atom stereocenters. The van der Waals surface area contributed by atoms with Gasteiger partial charge < -0.3 is 24.4 Å².